The molecule has 4 aromatic carbocycles. The summed E-state index contributed by atoms with van der Waals surface area (Å²) in [4.78, 5) is 62.6. The standard InChI is InChI=1S/C44H45FN4O8Si/c1-27-42(58(2,3)45)38(22-39(51)46-19-9-12-31(46)24-50)57-44(27)32-21-30(49-35-14-5-7-16-37(35)56-26-41(49)53)17-18-33(32)47(43(44)54)23-28-10-8-11-29(20-28)48-34-13-4-6-15-36(34)55-25-40(48)52/h4-8,10-11,13-18,20-21,27,31,38,42,50H,9,12,19,22-26H2,1-3H3/t27-,31+,38+,42-,44+/m1/s1. The van der Waals surface area contributed by atoms with Gasteiger partial charge in [-0.25, -0.2) is 0 Å². The van der Waals surface area contributed by atoms with Gasteiger partial charge in [0.15, 0.2) is 18.8 Å². The Morgan fingerprint density at radius 2 is 1.48 bits per heavy atom. The largest absolute Gasteiger partial charge is 0.482 e. The number of nitrogens with zero attached hydrogens (tertiary/aromatic N) is 4. The lowest BCUT2D eigenvalue weighted by molar-refractivity contribution is -0.150. The normalized spacial score (nSPS) is 25.2. The summed E-state index contributed by atoms with van der Waals surface area (Å²) in [5.41, 5.74) is 1.58. The van der Waals surface area contributed by atoms with Crippen LogP contribution in [-0.4, -0.2) is 80.6 Å². The Balaban J connectivity index is 1.14. The van der Waals surface area contributed by atoms with Crippen molar-refractivity contribution in [2.45, 2.75) is 69.1 Å². The van der Waals surface area contributed by atoms with Crippen molar-refractivity contribution >= 4 is 60.5 Å². The minimum atomic E-state index is -3.63. The summed E-state index contributed by atoms with van der Waals surface area (Å²) in [6.07, 6.45) is 0.385. The molecule has 1 N–H and O–H groups in total. The number of hydrogen-bond donors (Lipinski definition) is 1. The topological polar surface area (TPSA) is 129 Å². The minimum absolute atomic E-state index is 0.0903. The van der Waals surface area contributed by atoms with Crippen LogP contribution in [0.4, 0.5) is 32.5 Å². The molecule has 0 saturated carbocycles. The molecule has 14 heteroatoms. The molecule has 5 aliphatic rings. The van der Waals surface area contributed by atoms with E-state index in [1.54, 1.807) is 63.0 Å². The fraction of sp³-hybridized carbons (Fsp3) is 0.364. The molecule has 12 nitrogen and oxygen atoms in total. The van der Waals surface area contributed by atoms with Crippen molar-refractivity contribution in [1.82, 2.24) is 4.90 Å². The van der Waals surface area contributed by atoms with Gasteiger partial charge in [0.05, 0.1) is 48.8 Å². The van der Waals surface area contributed by atoms with Crippen molar-refractivity contribution in [3.8, 4) is 11.5 Å². The Morgan fingerprint density at radius 1 is 0.845 bits per heavy atom. The second-order valence-electron chi connectivity index (χ2n) is 16.3. The van der Waals surface area contributed by atoms with Gasteiger partial charge >= 0.3 is 0 Å². The maximum atomic E-state index is 16.8. The van der Waals surface area contributed by atoms with Gasteiger partial charge in [0.25, 0.3) is 17.7 Å². The lowest BCUT2D eigenvalue weighted by atomic mass is 9.82. The Labute approximate surface area is 336 Å². The highest BCUT2D eigenvalue weighted by molar-refractivity contribution is 6.72. The number of aliphatic hydroxyl groups is 1. The fourth-order valence-electron chi connectivity index (χ4n) is 9.92. The third-order valence-corrected chi connectivity index (χ3v) is 14.9. The van der Waals surface area contributed by atoms with Crippen molar-refractivity contribution in [3.05, 3.63) is 102 Å². The summed E-state index contributed by atoms with van der Waals surface area (Å²) < 4.78 is 35.1. The van der Waals surface area contributed by atoms with E-state index in [0.717, 1.165) is 12.0 Å². The number of likely N-dealkylation sites (tertiary alicyclic amines) is 1. The van der Waals surface area contributed by atoms with E-state index in [2.05, 4.69) is 0 Å². The first-order chi connectivity index (χ1) is 27.9. The van der Waals surface area contributed by atoms with E-state index in [0.29, 0.717) is 58.5 Å². The summed E-state index contributed by atoms with van der Waals surface area (Å²) in [6.45, 7) is 5.15. The van der Waals surface area contributed by atoms with Crippen LogP contribution in [0.5, 0.6) is 11.5 Å². The first kappa shape index (κ1) is 38.0. The van der Waals surface area contributed by atoms with Crippen LogP contribution in [0.15, 0.2) is 91.0 Å². The van der Waals surface area contributed by atoms with Gasteiger partial charge in [-0.2, -0.15) is 0 Å². The number of halogens is 1. The highest BCUT2D eigenvalue weighted by Gasteiger charge is 2.67. The predicted octanol–water partition coefficient (Wildman–Crippen LogP) is 6.50. The zero-order valence-electron chi connectivity index (χ0n) is 32.6. The smallest absolute Gasteiger partial charge is 0.269 e. The van der Waals surface area contributed by atoms with Crippen LogP contribution in [0, 0.1) is 5.92 Å². The number of carbonyl (C=O) groups is 4. The van der Waals surface area contributed by atoms with Crippen LogP contribution in [0.3, 0.4) is 0 Å². The van der Waals surface area contributed by atoms with Crippen LogP contribution < -0.4 is 24.2 Å². The molecule has 5 heterocycles. The molecule has 0 radical (unpaired) electrons. The third-order valence-electron chi connectivity index (χ3n) is 12.4. The Kier molecular flexibility index (Phi) is 9.40. The highest BCUT2D eigenvalue weighted by Crippen LogP contribution is 2.61. The van der Waals surface area contributed by atoms with Crippen LogP contribution >= 0.6 is 0 Å². The monoisotopic (exact) mass is 804 g/mol. The van der Waals surface area contributed by atoms with Crippen molar-refractivity contribution < 1.29 is 42.6 Å². The quantitative estimate of drug-likeness (QED) is 0.158. The number of rotatable bonds is 8. The van der Waals surface area contributed by atoms with E-state index in [-0.39, 0.29) is 56.5 Å². The van der Waals surface area contributed by atoms with E-state index >= 15 is 8.90 Å². The number of fused-ring (bicyclic) bond motifs is 4. The molecule has 300 valence electrons. The molecule has 0 aliphatic carbocycles. The molecule has 5 aliphatic heterocycles. The van der Waals surface area contributed by atoms with Crippen LogP contribution in [0.1, 0.15) is 37.3 Å². The maximum Gasteiger partial charge on any atom is 0.269 e. The Hall–Kier alpha value is -5.57. The van der Waals surface area contributed by atoms with Gasteiger partial charge in [-0.05, 0) is 86.1 Å². The van der Waals surface area contributed by atoms with Gasteiger partial charge < -0.3 is 33.2 Å². The third kappa shape index (κ3) is 6.07. The molecule has 4 aromatic rings. The van der Waals surface area contributed by atoms with Crippen molar-refractivity contribution in [1.29, 1.82) is 0 Å². The number of ether oxygens (including phenoxy) is 3. The summed E-state index contributed by atoms with van der Waals surface area (Å²) in [5.74, 6) is -0.746. The number of carbonyl (C=O) groups excluding carboxylic acids is 4. The van der Waals surface area contributed by atoms with Crippen LogP contribution in [-0.2, 0) is 36.1 Å². The average Bonchev–Trinajstić information content (AvgIpc) is 3.88. The van der Waals surface area contributed by atoms with Gasteiger partial charge in [0.1, 0.15) is 11.5 Å². The van der Waals surface area contributed by atoms with E-state index in [4.69, 9.17) is 14.2 Å². The molecular weight excluding hydrogens is 760 g/mol. The number of hydrogen-bond acceptors (Lipinski definition) is 8. The molecule has 2 fully saturated rings. The van der Waals surface area contributed by atoms with Gasteiger partial charge in [-0.1, -0.05) is 43.3 Å². The predicted molar refractivity (Wildman–Crippen MR) is 217 cm³/mol. The molecule has 5 atom stereocenters. The van der Waals surface area contributed by atoms with E-state index < -0.39 is 37.5 Å². The second kappa shape index (κ2) is 14.4. The average molecular weight is 805 g/mol. The van der Waals surface area contributed by atoms with E-state index in [1.165, 1.54) is 0 Å². The number of benzene rings is 4. The van der Waals surface area contributed by atoms with E-state index in [1.807, 2.05) is 67.6 Å². The molecule has 2 saturated heterocycles. The zero-order valence-corrected chi connectivity index (χ0v) is 33.6. The SMILES string of the molecule is C[C@@H]1[C@@H]([Si](C)(C)F)[C@H](CC(=O)N2CCC[C@H]2CO)O[C@@]12C(=O)N(Cc1cccc(N3C(=O)COc4ccccc43)c1)c1ccc(N3C(=O)COc4ccccc43)cc12. The molecule has 58 heavy (non-hydrogen) atoms. The molecule has 4 amide bonds. The maximum absolute atomic E-state index is 16.8. The van der Waals surface area contributed by atoms with Crippen LogP contribution in [0.2, 0.25) is 18.6 Å². The first-order valence-electron chi connectivity index (χ1n) is 19.8. The summed E-state index contributed by atoms with van der Waals surface area (Å²) in [7, 11) is -3.63. The number of amides is 4. The number of anilines is 5. The molecule has 0 aromatic heterocycles. The summed E-state index contributed by atoms with van der Waals surface area (Å²) in [6, 6.07) is 27.0. The van der Waals surface area contributed by atoms with Crippen LogP contribution in [0.25, 0.3) is 0 Å². The molecule has 1 spiro atoms. The number of para-hydroxylation sites is 4. The Bertz CT molecular complexity index is 2340. The van der Waals surface area contributed by atoms with Gasteiger partial charge in [0.2, 0.25) is 14.3 Å². The number of aliphatic hydroxyl groups excluding tert-OH is 1. The Morgan fingerprint density at radius 3 is 2.12 bits per heavy atom. The summed E-state index contributed by atoms with van der Waals surface area (Å²) >= 11 is 0. The minimum Gasteiger partial charge on any atom is -0.482 e. The van der Waals surface area contributed by atoms with Crippen molar-refractivity contribution in [2.24, 2.45) is 5.92 Å². The van der Waals surface area contributed by atoms with Gasteiger partial charge in [-0.15, -0.1) is 0 Å². The van der Waals surface area contributed by atoms with Crippen molar-refractivity contribution in [3.63, 3.8) is 0 Å². The zero-order chi connectivity index (χ0) is 40.5. The molecular formula is C44H45FN4O8Si. The van der Waals surface area contributed by atoms with Gasteiger partial charge in [0, 0.05) is 34.9 Å². The molecule has 0 unspecified atom stereocenters. The first-order valence-corrected chi connectivity index (χ1v) is 22.8. The van der Waals surface area contributed by atoms with Crippen molar-refractivity contribution in [2.75, 3.05) is 41.1 Å². The molecule has 9 rings (SSSR count). The van der Waals surface area contributed by atoms with E-state index in [9.17, 15) is 19.5 Å². The second-order valence-corrected chi connectivity index (χ2v) is 20.1. The highest BCUT2D eigenvalue weighted by atomic mass is 28.4. The molecule has 0 bridgehead atoms. The fourth-order valence-corrected chi connectivity index (χ4v) is 12.4. The lowest BCUT2D eigenvalue weighted by Crippen LogP contribution is -2.45. The van der Waals surface area contributed by atoms with Gasteiger partial charge in [-0.3, -0.25) is 29.0 Å². The lowest BCUT2D eigenvalue weighted by Gasteiger charge is -2.32. The summed E-state index contributed by atoms with van der Waals surface area (Å²) in [5, 5.41) is 10.0.